The zero-order chi connectivity index (χ0) is 17.6. The van der Waals surface area contributed by atoms with Crippen molar-refractivity contribution in [2.45, 2.75) is 18.9 Å². The van der Waals surface area contributed by atoms with Gasteiger partial charge in [0.15, 0.2) is 11.5 Å². The summed E-state index contributed by atoms with van der Waals surface area (Å²) in [6.45, 7) is 1.78. The molecule has 0 amide bonds. The van der Waals surface area contributed by atoms with Crippen molar-refractivity contribution >= 4 is 11.6 Å². The molecule has 0 spiro atoms. The first-order valence-corrected chi connectivity index (χ1v) is 8.34. The van der Waals surface area contributed by atoms with Gasteiger partial charge in [0.1, 0.15) is 0 Å². The average Bonchev–Trinajstić information content (AvgIpc) is 2.68. The Morgan fingerprint density at radius 1 is 1.08 bits per heavy atom. The summed E-state index contributed by atoms with van der Waals surface area (Å²) in [6.07, 6.45) is 3.90. The molecular formula is C18H24N4O3. The zero-order valence-corrected chi connectivity index (χ0v) is 14.9. The van der Waals surface area contributed by atoms with Gasteiger partial charge in [-0.25, -0.2) is 4.98 Å². The van der Waals surface area contributed by atoms with E-state index in [4.69, 9.17) is 14.2 Å². The Kier molecular flexibility index (Phi) is 5.42. The van der Waals surface area contributed by atoms with E-state index in [1.54, 1.807) is 33.6 Å². The molecule has 7 heteroatoms. The SMILES string of the molecule is COc1ccnc(N2CCC[C@@H](Nc3ccc(OC)c(OC)c3)C2)n1. The average molecular weight is 344 g/mol. The highest BCUT2D eigenvalue weighted by Crippen LogP contribution is 2.30. The van der Waals surface area contributed by atoms with Crippen molar-refractivity contribution < 1.29 is 14.2 Å². The molecule has 1 aromatic carbocycles. The van der Waals surface area contributed by atoms with Crippen LogP contribution < -0.4 is 24.4 Å². The second-order valence-electron chi connectivity index (χ2n) is 5.90. The highest BCUT2D eigenvalue weighted by molar-refractivity contribution is 5.55. The Hall–Kier alpha value is -2.70. The van der Waals surface area contributed by atoms with Crippen molar-refractivity contribution in [2.24, 2.45) is 0 Å². The Morgan fingerprint density at radius 3 is 2.68 bits per heavy atom. The van der Waals surface area contributed by atoms with Crippen molar-refractivity contribution in [3.05, 3.63) is 30.5 Å². The van der Waals surface area contributed by atoms with Crippen molar-refractivity contribution in [2.75, 3.05) is 44.6 Å². The summed E-state index contributed by atoms with van der Waals surface area (Å²) < 4.78 is 15.9. The smallest absolute Gasteiger partial charge is 0.228 e. The van der Waals surface area contributed by atoms with Crippen LogP contribution in [0.1, 0.15) is 12.8 Å². The molecule has 0 radical (unpaired) electrons. The molecule has 25 heavy (non-hydrogen) atoms. The first kappa shape index (κ1) is 17.1. The van der Waals surface area contributed by atoms with Gasteiger partial charge in [0.25, 0.3) is 0 Å². The second-order valence-corrected chi connectivity index (χ2v) is 5.90. The second kappa shape index (κ2) is 7.92. The minimum absolute atomic E-state index is 0.307. The minimum atomic E-state index is 0.307. The van der Waals surface area contributed by atoms with Gasteiger partial charge in [0.05, 0.1) is 21.3 Å². The third-order valence-electron chi connectivity index (χ3n) is 4.29. The molecule has 1 N–H and O–H groups in total. The van der Waals surface area contributed by atoms with Gasteiger partial charge in [-0.15, -0.1) is 0 Å². The number of methoxy groups -OCH3 is 3. The number of piperidine rings is 1. The lowest BCUT2D eigenvalue weighted by molar-refractivity contribution is 0.355. The van der Waals surface area contributed by atoms with Gasteiger partial charge in [0.2, 0.25) is 11.8 Å². The maximum absolute atomic E-state index is 5.37. The molecule has 1 aromatic heterocycles. The molecule has 2 aromatic rings. The summed E-state index contributed by atoms with van der Waals surface area (Å²) >= 11 is 0. The van der Waals surface area contributed by atoms with Crippen LogP contribution in [0.4, 0.5) is 11.6 Å². The number of benzene rings is 1. The molecular weight excluding hydrogens is 320 g/mol. The molecule has 0 unspecified atom stereocenters. The van der Waals surface area contributed by atoms with Gasteiger partial charge in [-0.3, -0.25) is 0 Å². The Labute approximate surface area is 147 Å². The van der Waals surface area contributed by atoms with E-state index in [0.29, 0.717) is 17.9 Å². The topological polar surface area (TPSA) is 68.7 Å². The van der Waals surface area contributed by atoms with Gasteiger partial charge >= 0.3 is 0 Å². The lowest BCUT2D eigenvalue weighted by Crippen LogP contribution is -2.42. The van der Waals surface area contributed by atoms with Gasteiger partial charge in [-0.1, -0.05) is 0 Å². The van der Waals surface area contributed by atoms with Gasteiger partial charge in [-0.05, 0) is 25.0 Å². The molecule has 2 heterocycles. The largest absolute Gasteiger partial charge is 0.493 e. The number of hydrogen-bond acceptors (Lipinski definition) is 7. The van der Waals surface area contributed by atoms with Gasteiger partial charge < -0.3 is 24.4 Å². The van der Waals surface area contributed by atoms with Crippen LogP contribution in [0.15, 0.2) is 30.5 Å². The zero-order valence-electron chi connectivity index (χ0n) is 14.9. The third-order valence-corrected chi connectivity index (χ3v) is 4.29. The molecule has 0 saturated carbocycles. The van der Waals surface area contributed by atoms with E-state index in [-0.39, 0.29) is 0 Å². The van der Waals surface area contributed by atoms with Crippen molar-refractivity contribution in [1.82, 2.24) is 9.97 Å². The van der Waals surface area contributed by atoms with E-state index >= 15 is 0 Å². The summed E-state index contributed by atoms with van der Waals surface area (Å²) in [7, 11) is 4.89. The van der Waals surface area contributed by atoms with E-state index in [0.717, 1.165) is 43.1 Å². The van der Waals surface area contributed by atoms with E-state index < -0.39 is 0 Å². The van der Waals surface area contributed by atoms with Crippen LogP contribution in [-0.2, 0) is 0 Å². The number of rotatable bonds is 6. The van der Waals surface area contributed by atoms with Crippen LogP contribution in [0.5, 0.6) is 17.4 Å². The third kappa shape index (κ3) is 4.04. The highest BCUT2D eigenvalue weighted by atomic mass is 16.5. The molecule has 1 atom stereocenters. The number of nitrogens with one attached hydrogen (secondary N) is 1. The van der Waals surface area contributed by atoms with Crippen LogP contribution in [0.3, 0.4) is 0 Å². The normalized spacial score (nSPS) is 17.1. The molecule has 1 fully saturated rings. The van der Waals surface area contributed by atoms with Crippen LogP contribution in [0.2, 0.25) is 0 Å². The summed E-state index contributed by atoms with van der Waals surface area (Å²) in [5.74, 6) is 2.73. The monoisotopic (exact) mass is 344 g/mol. The first-order chi connectivity index (χ1) is 12.2. The van der Waals surface area contributed by atoms with Crippen molar-refractivity contribution in [3.8, 4) is 17.4 Å². The van der Waals surface area contributed by atoms with E-state index in [9.17, 15) is 0 Å². The fourth-order valence-electron chi connectivity index (χ4n) is 3.04. The number of aromatic nitrogens is 2. The molecule has 1 aliphatic heterocycles. The van der Waals surface area contributed by atoms with Crippen LogP contribution in [0.25, 0.3) is 0 Å². The predicted octanol–water partition coefficient (Wildman–Crippen LogP) is 2.58. The lowest BCUT2D eigenvalue weighted by Gasteiger charge is -2.33. The molecule has 134 valence electrons. The first-order valence-electron chi connectivity index (χ1n) is 8.34. The Morgan fingerprint density at radius 2 is 1.92 bits per heavy atom. The number of ether oxygens (including phenoxy) is 3. The highest BCUT2D eigenvalue weighted by Gasteiger charge is 2.22. The van der Waals surface area contributed by atoms with Crippen LogP contribution in [0, 0.1) is 0 Å². The maximum atomic E-state index is 5.37. The van der Waals surface area contributed by atoms with E-state index in [1.165, 1.54) is 0 Å². The lowest BCUT2D eigenvalue weighted by atomic mass is 10.1. The Bertz CT molecular complexity index is 710. The standard InChI is InChI=1S/C18H24N4O3/c1-23-15-7-6-13(11-16(15)24-2)20-14-5-4-10-22(12-14)18-19-9-8-17(21-18)25-3/h6-9,11,14,20H,4-5,10,12H2,1-3H3/t14-/m1/s1. The van der Waals surface area contributed by atoms with E-state index in [2.05, 4.69) is 20.2 Å². The molecule has 1 saturated heterocycles. The molecule has 3 rings (SSSR count). The number of nitrogens with zero attached hydrogens (tertiary/aromatic N) is 3. The van der Waals surface area contributed by atoms with Gasteiger partial charge in [-0.2, -0.15) is 4.98 Å². The predicted molar refractivity (Wildman–Crippen MR) is 97.0 cm³/mol. The molecule has 7 nitrogen and oxygen atoms in total. The maximum Gasteiger partial charge on any atom is 0.228 e. The number of hydrogen-bond donors (Lipinski definition) is 1. The Balaban J connectivity index is 1.69. The number of anilines is 2. The summed E-state index contributed by atoms with van der Waals surface area (Å²) in [4.78, 5) is 11.0. The van der Waals surface area contributed by atoms with Crippen LogP contribution >= 0.6 is 0 Å². The molecule has 0 bridgehead atoms. The fourth-order valence-corrected chi connectivity index (χ4v) is 3.04. The van der Waals surface area contributed by atoms with Crippen LogP contribution in [-0.4, -0.2) is 50.4 Å². The minimum Gasteiger partial charge on any atom is -0.493 e. The summed E-state index contributed by atoms with van der Waals surface area (Å²) in [5, 5.41) is 3.57. The van der Waals surface area contributed by atoms with Gasteiger partial charge in [0, 0.05) is 43.1 Å². The summed E-state index contributed by atoms with van der Waals surface area (Å²) in [6, 6.07) is 7.93. The van der Waals surface area contributed by atoms with Crippen molar-refractivity contribution in [1.29, 1.82) is 0 Å². The molecule has 1 aliphatic rings. The fraction of sp³-hybridized carbons (Fsp3) is 0.444. The van der Waals surface area contributed by atoms with E-state index in [1.807, 2.05) is 18.2 Å². The summed E-state index contributed by atoms with van der Waals surface area (Å²) in [5.41, 5.74) is 1.01. The quantitative estimate of drug-likeness (QED) is 0.864. The van der Waals surface area contributed by atoms with Crippen molar-refractivity contribution in [3.63, 3.8) is 0 Å². The molecule has 0 aliphatic carbocycles.